The predicted molar refractivity (Wildman–Crippen MR) is 130 cm³/mol. The van der Waals surface area contributed by atoms with Crippen molar-refractivity contribution in [1.29, 1.82) is 0 Å². The number of nitrogens with zero attached hydrogens (tertiary/aromatic N) is 2. The van der Waals surface area contributed by atoms with Crippen molar-refractivity contribution >= 4 is 68.6 Å². The van der Waals surface area contributed by atoms with Crippen LogP contribution in [0.1, 0.15) is 50.9 Å². The molecular weight excluding hydrogens is 479 g/mol. The van der Waals surface area contributed by atoms with Crippen LogP contribution in [0, 0.1) is 0 Å². The Balaban J connectivity index is 2.17. The van der Waals surface area contributed by atoms with E-state index in [1.54, 1.807) is 17.2 Å². The van der Waals surface area contributed by atoms with E-state index < -0.39 is 17.7 Å². The van der Waals surface area contributed by atoms with Gasteiger partial charge in [0.15, 0.2) is 0 Å². The molecule has 1 aromatic heterocycles. The number of carbonyl (C=O) groups excluding carboxylic acids is 1. The van der Waals surface area contributed by atoms with E-state index in [0.29, 0.717) is 25.7 Å². The van der Waals surface area contributed by atoms with Crippen LogP contribution in [0.25, 0.3) is 10.9 Å². The first-order chi connectivity index (χ1) is 14.5. The maximum atomic E-state index is 13.2. The van der Waals surface area contributed by atoms with Gasteiger partial charge in [-0.15, -0.1) is 0 Å². The number of thioether (sulfide) groups is 1. The van der Waals surface area contributed by atoms with Crippen LogP contribution in [0.2, 0.25) is 10.0 Å². The molecule has 31 heavy (non-hydrogen) atoms. The summed E-state index contributed by atoms with van der Waals surface area (Å²) in [4.78, 5) is 19.4. The second-order valence-electron chi connectivity index (χ2n) is 8.07. The third-order valence-corrected chi connectivity index (χ3v) is 6.87. The van der Waals surface area contributed by atoms with Crippen LogP contribution in [-0.2, 0) is 9.47 Å². The van der Waals surface area contributed by atoms with Crippen molar-refractivity contribution in [3.05, 3.63) is 33.4 Å². The molecule has 1 amide bonds. The fourth-order valence-corrected chi connectivity index (χ4v) is 4.42. The number of pyridine rings is 1. The molecule has 0 N–H and O–H groups in total. The molecule has 2 atom stereocenters. The maximum absolute atomic E-state index is 13.2. The largest absolute Gasteiger partial charge is 0.495 e. The minimum Gasteiger partial charge on any atom is -0.495 e. The van der Waals surface area contributed by atoms with Crippen molar-refractivity contribution in [2.45, 2.75) is 45.4 Å². The summed E-state index contributed by atoms with van der Waals surface area (Å²) in [5.41, 5.74) is 1.64. The second-order valence-corrected chi connectivity index (χ2v) is 10.2. The van der Waals surface area contributed by atoms with E-state index in [4.69, 9.17) is 49.6 Å². The van der Waals surface area contributed by atoms with Gasteiger partial charge in [-0.05, 0) is 57.8 Å². The fourth-order valence-electron chi connectivity index (χ4n) is 3.70. The van der Waals surface area contributed by atoms with Gasteiger partial charge in [-0.2, -0.15) is 0 Å². The average molecular weight is 503 g/mol. The Morgan fingerprint density at radius 2 is 2.00 bits per heavy atom. The summed E-state index contributed by atoms with van der Waals surface area (Å²) in [5, 5.41) is 1.36. The summed E-state index contributed by atoms with van der Waals surface area (Å²) in [6.45, 7) is 7.61. The van der Waals surface area contributed by atoms with Crippen molar-refractivity contribution in [3.8, 4) is 5.75 Å². The van der Waals surface area contributed by atoms with Gasteiger partial charge in [-0.1, -0.05) is 35.0 Å². The van der Waals surface area contributed by atoms with Gasteiger partial charge in [-0.3, -0.25) is 9.88 Å². The number of amides is 1. The summed E-state index contributed by atoms with van der Waals surface area (Å²) in [6.07, 6.45) is 3.11. The number of aromatic nitrogens is 1. The van der Waals surface area contributed by atoms with Crippen LogP contribution >= 0.6 is 47.2 Å². The summed E-state index contributed by atoms with van der Waals surface area (Å²) >= 11 is 19.3. The third-order valence-electron chi connectivity index (χ3n) is 4.96. The fraction of sp³-hybridized carbons (Fsp3) is 0.476. The van der Waals surface area contributed by atoms with Gasteiger partial charge in [-0.25, -0.2) is 4.79 Å². The smallest absolute Gasteiger partial charge is 0.411 e. The topological polar surface area (TPSA) is 60.9 Å². The zero-order valence-electron chi connectivity index (χ0n) is 18.1. The number of carbonyl (C=O) groups is 1. The predicted octanol–water partition coefficient (Wildman–Crippen LogP) is 6.57. The Labute approximate surface area is 201 Å². The number of fused-ring (bicyclic) bond motifs is 3. The Morgan fingerprint density at radius 1 is 1.32 bits per heavy atom. The quantitative estimate of drug-likeness (QED) is 0.439. The molecule has 3 rings (SSSR count). The van der Waals surface area contributed by atoms with E-state index in [0.717, 1.165) is 16.5 Å². The van der Waals surface area contributed by atoms with E-state index in [-0.39, 0.29) is 12.6 Å². The molecule has 0 radical (unpaired) electrons. The molecule has 168 valence electrons. The highest BCUT2D eigenvalue weighted by Crippen LogP contribution is 2.48. The summed E-state index contributed by atoms with van der Waals surface area (Å²) in [6, 6.07) is 1.05. The normalized spacial score (nSPS) is 18.1. The minimum atomic E-state index is -0.647. The van der Waals surface area contributed by atoms with E-state index >= 15 is 0 Å². The number of hydrogen-bond acceptors (Lipinski definition) is 7. The van der Waals surface area contributed by atoms with Gasteiger partial charge >= 0.3 is 6.09 Å². The number of rotatable bonds is 3. The lowest BCUT2D eigenvalue weighted by atomic mass is 9.99. The van der Waals surface area contributed by atoms with Crippen molar-refractivity contribution in [3.63, 3.8) is 0 Å². The molecule has 0 spiro atoms. The van der Waals surface area contributed by atoms with Gasteiger partial charge in [0, 0.05) is 17.1 Å². The Hall–Kier alpha value is -1.48. The highest BCUT2D eigenvalue weighted by molar-refractivity contribution is 8.22. The number of benzene rings is 1. The minimum absolute atomic E-state index is 0.182. The standard InChI is InChI=1S/C21H24Cl2N2O4S2/c1-10-15-11-7-14(27-5)16(22)17(23)18(11)24-8-12(15)13(9-28-20(30)31-6)25(10)19(26)29-21(2,3)4/h7-8,10,13H,9H2,1-6H3/t10-,13+/m0/s1. The summed E-state index contributed by atoms with van der Waals surface area (Å²) in [5.74, 6) is 0.439. The Bertz CT molecular complexity index is 1040. The Kier molecular flexibility index (Phi) is 7.15. The second kappa shape index (κ2) is 9.17. The van der Waals surface area contributed by atoms with Crippen molar-refractivity contribution in [2.75, 3.05) is 20.0 Å². The highest BCUT2D eigenvalue weighted by atomic mass is 35.5. The van der Waals surface area contributed by atoms with E-state index in [1.807, 2.05) is 34.0 Å². The summed E-state index contributed by atoms with van der Waals surface area (Å²) in [7, 11) is 1.52. The van der Waals surface area contributed by atoms with Crippen LogP contribution in [0.5, 0.6) is 5.75 Å². The molecule has 2 heterocycles. The van der Waals surface area contributed by atoms with Crippen LogP contribution in [0.4, 0.5) is 4.79 Å². The third kappa shape index (κ3) is 4.67. The van der Waals surface area contributed by atoms with Gasteiger partial charge in [0.25, 0.3) is 0 Å². The maximum Gasteiger partial charge on any atom is 0.411 e. The Morgan fingerprint density at radius 3 is 2.58 bits per heavy atom. The molecule has 6 nitrogen and oxygen atoms in total. The number of thiocarbonyl (C=S) groups is 1. The van der Waals surface area contributed by atoms with Gasteiger partial charge in [0.05, 0.1) is 29.7 Å². The lowest BCUT2D eigenvalue weighted by molar-refractivity contribution is 0.00531. The van der Waals surface area contributed by atoms with Crippen molar-refractivity contribution in [1.82, 2.24) is 9.88 Å². The van der Waals surface area contributed by atoms with Crippen molar-refractivity contribution in [2.24, 2.45) is 0 Å². The average Bonchev–Trinajstić information content (AvgIpc) is 2.99. The molecule has 0 fully saturated rings. The first kappa shape index (κ1) is 24.2. The van der Waals surface area contributed by atoms with E-state index in [1.165, 1.54) is 18.9 Å². The van der Waals surface area contributed by atoms with Crippen LogP contribution < -0.4 is 4.74 Å². The molecule has 0 unspecified atom stereocenters. The lowest BCUT2D eigenvalue weighted by Gasteiger charge is -2.31. The van der Waals surface area contributed by atoms with Crippen molar-refractivity contribution < 1.29 is 19.0 Å². The van der Waals surface area contributed by atoms with E-state index in [2.05, 4.69) is 4.98 Å². The zero-order valence-corrected chi connectivity index (χ0v) is 21.3. The van der Waals surface area contributed by atoms with Gasteiger partial charge < -0.3 is 14.2 Å². The molecule has 0 aliphatic carbocycles. The molecular formula is C21H24Cl2N2O4S2. The van der Waals surface area contributed by atoms with Crippen LogP contribution in [0.3, 0.4) is 0 Å². The first-order valence-corrected chi connectivity index (χ1v) is 12.0. The van der Waals surface area contributed by atoms with E-state index in [9.17, 15) is 4.79 Å². The van der Waals surface area contributed by atoms with Crippen LogP contribution in [0.15, 0.2) is 12.3 Å². The molecule has 10 heteroatoms. The SMILES string of the molecule is COc1cc2c3c(cnc2c(Cl)c1Cl)[C@@H](COC(=S)SC)N(C(=O)OC(C)(C)C)[C@H]3C. The molecule has 1 aliphatic heterocycles. The lowest BCUT2D eigenvalue weighted by Crippen LogP contribution is -2.38. The number of ether oxygens (including phenoxy) is 3. The molecule has 1 aliphatic rings. The zero-order chi connectivity index (χ0) is 23.1. The first-order valence-electron chi connectivity index (χ1n) is 9.56. The highest BCUT2D eigenvalue weighted by Gasteiger charge is 2.43. The molecule has 0 saturated carbocycles. The number of halogens is 2. The molecule has 0 bridgehead atoms. The van der Waals surface area contributed by atoms with Gasteiger partial charge in [0.1, 0.15) is 23.0 Å². The monoisotopic (exact) mass is 502 g/mol. The van der Waals surface area contributed by atoms with Gasteiger partial charge in [0.2, 0.25) is 4.38 Å². The molecule has 1 aromatic carbocycles. The number of methoxy groups -OCH3 is 1. The number of hydrogen-bond donors (Lipinski definition) is 0. The van der Waals surface area contributed by atoms with Crippen LogP contribution in [-0.4, -0.2) is 45.9 Å². The molecule has 0 saturated heterocycles. The molecule has 2 aromatic rings. The summed E-state index contributed by atoms with van der Waals surface area (Å²) < 4.78 is 17.2.